The predicted molar refractivity (Wildman–Crippen MR) is 116 cm³/mol. The summed E-state index contributed by atoms with van der Waals surface area (Å²) in [6.45, 7) is 5.38. The van der Waals surface area contributed by atoms with E-state index < -0.39 is 0 Å². The molecule has 2 aromatic rings. The number of nitrogens with zero attached hydrogens (tertiary/aromatic N) is 1. The Labute approximate surface area is 188 Å². The molecule has 2 saturated carbocycles. The molecular weight excluding hydrogens is 410 g/mol. The molecule has 5 atom stereocenters. The van der Waals surface area contributed by atoms with E-state index in [1.807, 2.05) is 38.1 Å². The van der Waals surface area contributed by atoms with Crippen LogP contribution in [-0.2, 0) is 25.6 Å². The zero-order chi connectivity index (χ0) is 22.1. The summed E-state index contributed by atoms with van der Waals surface area (Å²) in [4.78, 5) is 12.1. The summed E-state index contributed by atoms with van der Waals surface area (Å²) < 4.78 is 28.7. The van der Waals surface area contributed by atoms with Crippen LogP contribution in [-0.4, -0.2) is 36.7 Å². The van der Waals surface area contributed by atoms with E-state index in [0.717, 1.165) is 67.0 Å². The zero-order valence-corrected chi connectivity index (χ0v) is 18.7. The number of carbonyl (C=O) groups excluding carboxylic acids is 1. The van der Waals surface area contributed by atoms with Gasteiger partial charge in [0.1, 0.15) is 11.9 Å². The molecule has 1 aromatic carbocycles. The van der Waals surface area contributed by atoms with E-state index in [9.17, 15) is 4.79 Å². The highest BCUT2D eigenvalue weighted by Crippen LogP contribution is 2.58. The highest BCUT2D eigenvalue weighted by atomic mass is 16.7. The number of hydrogen-bond donors (Lipinski definition) is 0. The summed E-state index contributed by atoms with van der Waals surface area (Å²) in [6, 6.07) is 7.88. The number of carbonyl (C=O) groups is 1. The summed E-state index contributed by atoms with van der Waals surface area (Å²) in [5.41, 5.74) is 2.70. The Bertz CT molecular complexity index is 932. The molecule has 3 fully saturated rings. The molecule has 0 amide bonds. The van der Waals surface area contributed by atoms with Gasteiger partial charge in [0.2, 0.25) is 0 Å². The van der Waals surface area contributed by atoms with Gasteiger partial charge in [-0.15, -0.1) is 0 Å². The maximum Gasteiger partial charge on any atom is 0.309 e. The van der Waals surface area contributed by atoms with Crippen molar-refractivity contribution in [2.24, 2.45) is 17.8 Å². The Morgan fingerprint density at radius 2 is 2.00 bits per heavy atom. The third-order valence-electron chi connectivity index (χ3n) is 6.94. The largest absolute Gasteiger partial charge is 0.490 e. The monoisotopic (exact) mass is 441 g/mol. The maximum atomic E-state index is 12.1. The number of fused-ring (bicyclic) bond motifs is 1. The Balaban J connectivity index is 1.21. The second-order valence-corrected chi connectivity index (χ2v) is 8.96. The minimum atomic E-state index is -0.155. The van der Waals surface area contributed by atoms with Gasteiger partial charge in [0, 0.05) is 23.7 Å². The van der Waals surface area contributed by atoms with Crippen LogP contribution >= 0.6 is 0 Å². The first kappa shape index (κ1) is 21.5. The van der Waals surface area contributed by atoms with Gasteiger partial charge in [-0.1, -0.05) is 5.16 Å². The molecule has 0 bridgehead atoms. The van der Waals surface area contributed by atoms with E-state index in [0.29, 0.717) is 19.1 Å². The van der Waals surface area contributed by atoms with Crippen molar-refractivity contribution in [1.29, 1.82) is 0 Å². The highest BCUT2D eigenvalue weighted by Gasteiger charge is 2.63. The van der Waals surface area contributed by atoms with Crippen LogP contribution in [0.4, 0.5) is 0 Å². The van der Waals surface area contributed by atoms with Crippen molar-refractivity contribution >= 4 is 5.97 Å². The molecule has 7 nitrogen and oxygen atoms in total. The van der Waals surface area contributed by atoms with Gasteiger partial charge in [0.25, 0.3) is 0 Å². The molecule has 172 valence electrons. The SMILES string of the molecule is CCOC(=O)C1C2CCC(Oc3ccc(-c4onc(C)c4COC4CCCCO4)cc3)C21. The van der Waals surface area contributed by atoms with Crippen molar-refractivity contribution in [3.63, 3.8) is 0 Å². The molecule has 7 heteroatoms. The van der Waals surface area contributed by atoms with Crippen molar-refractivity contribution in [3.8, 4) is 17.1 Å². The van der Waals surface area contributed by atoms with E-state index in [1.54, 1.807) is 0 Å². The topological polar surface area (TPSA) is 80.0 Å². The predicted octanol–water partition coefficient (Wildman–Crippen LogP) is 4.66. The second kappa shape index (κ2) is 9.24. The van der Waals surface area contributed by atoms with E-state index >= 15 is 0 Å². The van der Waals surface area contributed by atoms with Crippen molar-refractivity contribution < 1.29 is 28.3 Å². The number of rotatable bonds is 8. The third-order valence-corrected chi connectivity index (χ3v) is 6.94. The fourth-order valence-electron chi connectivity index (χ4n) is 5.20. The first-order valence-electron chi connectivity index (χ1n) is 11.8. The lowest BCUT2D eigenvalue weighted by molar-refractivity contribution is -0.168. The first-order valence-corrected chi connectivity index (χ1v) is 11.8. The molecule has 0 spiro atoms. The lowest BCUT2D eigenvalue weighted by Crippen LogP contribution is -2.22. The quantitative estimate of drug-likeness (QED) is 0.551. The minimum Gasteiger partial charge on any atom is -0.490 e. The molecule has 32 heavy (non-hydrogen) atoms. The molecule has 1 saturated heterocycles. The Hall–Kier alpha value is -2.38. The third kappa shape index (κ3) is 4.28. The summed E-state index contributed by atoms with van der Waals surface area (Å²) in [5, 5.41) is 4.15. The standard InChI is InChI=1S/C25H31NO6/c1-3-28-25(27)23-18-11-12-20(22(18)23)31-17-9-7-16(8-10-17)24-19(15(2)26-32-24)14-30-21-6-4-5-13-29-21/h7-10,18,20-23H,3-6,11-14H2,1-2H3. The van der Waals surface area contributed by atoms with E-state index in [1.165, 1.54) is 0 Å². The summed E-state index contributed by atoms with van der Waals surface area (Å²) >= 11 is 0. The minimum absolute atomic E-state index is 0.0147. The van der Waals surface area contributed by atoms with E-state index in [2.05, 4.69) is 5.16 Å². The van der Waals surface area contributed by atoms with E-state index in [4.69, 9.17) is 23.5 Å². The van der Waals surface area contributed by atoms with Crippen LogP contribution in [0.2, 0.25) is 0 Å². The van der Waals surface area contributed by atoms with Gasteiger partial charge < -0.3 is 23.5 Å². The molecular formula is C25H31NO6. The molecule has 1 aromatic heterocycles. The molecule has 5 rings (SSSR count). The van der Waals surface area contributed by atoms with Crippen LogP contribution in [0.25, 0.3) is 11.3 Å². The van der Waals surface area contributed by atoms with Gasteiger partial charge in [0.05, 0.1) is 24.8 Å². The Kier molecular flexibility index (Phi) is 6.20. The normalized spacial score (nSPS) is 28.9. The lowest BCUT2D eigenvalue weighted by Gasteiger charge is -2.22. The number of aryl methyl sites for hydroxylation is 1. The van der Waals surface area contributed by atoms with Crippen molar-refractivity contribution in [2.45, 2.75) is 65.0 Å². The zero-order valence-electron chi connectivity index (χ0n) is 18.7. The van der Waals surface area contributed by atoms with Gasteiger partial charge in [0.15, 0.2) is 12.1 Å². The number of esters is 1. The maximum absolute atomic E-state index is 12.1. The van der Waals surface area contributed by atoms with Crippen LogP contribution in [0, 0.1) is 24.7 Å². The Morgan fingerprint density at radius 3 is 2.75 bits per heavy atom. The second-order valence-electron chi connectivity index (χ2n) is 8.96. The molecule has 1 aliphatic heterocycles. The summed E-state index contributed by atoms with van der Waals surface area (Å²) in [5.74, 6) is 2.18. The van der Waals surface area contributed by atoms with Crippen LogP contribution < -0.4 is 4.74 Å². The van der Waals surface area contributed by atoms with Crippen molar-refractivity contribution in [2.75, 3.05) is 13.2 Å². The smallest absolute Gasteiger partial charge is 0.309 e. The number of aromatic nitrogens is 1. The lowest BCUT2D eigenvalue weighted by atomic mass is 10.1. The number of ether oxygens (including phenoxy) is 4. The van der Waals surface area contributed by atoms with Crippen LogP contribution in [0.1, 0.15) is 50.3 Å². The van der Waals surface area contributed by atoms with Gasteiger partial charge in [-0.3, -0.25) is 4.79 Å². The van der Waals surface area contributed by atoms with Crippen LogP contribution in [0.15, 0.2) is 28.8 Å². The Morgan fingerprint density at radius 1 is 1.16 bits per heavy atom. The molecule has 5 unspecified atom stereocenters. The fraction of sp³-hybridized carbons (Fsp3) is 0.600. The molecule has 3 aliphatic rings. The molecule has 0 N–H and O–H groups in total. The molecule has 0 radical (unpaired) electrons. The van der Waals surface area contributed by atoms with Crippen molar-refractivity contribution in [1.82, 2.24) is 5.16 Å². The van der Waals surface area contributed by atoms with Gasteiger partial charge in [-0.25, -0.2) is 0 Å². The van der Waals surface area contributed by atoms with Gasteiger partial charge in [-0.05, 0) is 76.1 Å². The highest BCUT2D eigenvalue weighted by molar-refractivity contribution is 5.77. The average molecular weight is 442 g/mol. The van der Waals surface area contributed by atoms with Crippen LogP contribution in [0.5, 0.6) is 5.75 Å². The van der Waals surface area contributed by atoms with E-state index in [-0.39, 0.29) is 30.2 Å². The number of benzene rings is 1. The summed E-state index contributed by atoms with van der Waals surface area (Å²) in [7, 11) is 0. The molecule has 2 heterocycles. The van der Waals surface area contributed by atoms with Gasteiger partial charge >= 0.3 is 5.97 Å². The van der Waals surface area contributed by atoms with Crippen molar-refractivity contribution in [3.05, 3.63) is 35.5 Å². The average Bonchev–Trinajstić information content (AvgIpc) is 3.22. The molecule has 2 aliphatic carbocycles. The number of hydrogen-bond acceptors (Lipinski definition) is 7. The summed E-state index contributed by atoms with van der Waals surface area (Å²) in [6.07, 6.45) is 5.08. The fourth-order valence-corrected chi connectivity index (χ4v) is 5.20. The van der Waals surface area contributed by atoms with Crippen LogP contribution in [0.3, 0.4) is 0 Å². The first-order chi connectivity index (χ1) is 15.7. The van der Waals surface area contributed by atoms with Gasteiger partial charge in [-0.2, -0.15) is 0 Å².